The van der Waals surface area contributed by atoms with Gasteiger partial charge < -0.3 is 24.7 Å². The largest absolute Gasteiger partial charge is 0.495 e. The number of methoxy groups -OCH3 is 1. The maximum Gasteiger partial charge on any atom is 0.408 e. The Bertz CT molecular complexity index is 1350. The molecule has 2 N–H and O–H groups in total. The Morgan fingerprint density at radius 1 is 1.11 bits per heavy atom. The SMILES string of the molecule is C#CC.C=C/C=C(\C)CC.CCC.COc1cncc(CN(Cc2ccc3[nH]ccc3c2)C(=O)CNC(=O)OC(C)(C)C)c1. The number of carbonyl (C=O) groups excluding carboxylic acids is 2. The molecule has 2 aromatic heterocycles. The molecule has 3 aromatic rings. The zero-order chi connectivity index (χ0) is 33.5. The summed E-state index contributed by atoms with van der Waals surface area (Å²) >= 11 is 0. The van der Waals surface area contributed by atoms with Crippen molar-refractivity contribution in [3.63, 3.8) is 0 Å². The van der Waals surface area contributed by atoms with Crippen molar-refractivity contribution in [2.24, 2.45) is 0 Å². The van der Waals surface area contributed by atoms with E-state index in [0.29, 0.717) is 18.8 Å². The quantitative estimate of drug-likeness (QED) is 0.190. The molecule has 0 saturated carbocycles. The summed E-state index contributed by atoms with van der Waals surface area (Å²) in [6, 6.07) is 9.83. The molecule has 0 atom stereocenters. The summed E-state index contributed by atoms with van der Waals surface area (Å²) in [4.78, 5) is 34.0. The molecule has 0 aliphatic carbocycles. The number of aromatic amines is 1. The fourth-order valence-electron chi connectivity index (χ4n) is 3.43. The van der Waals surface area contributed by atoms with Gasteiger partial charge in [0.25, 0.3) is 0 Å². The molecule has 0 radical (unpaired) electrons. The van der Waals surface area contributed by atoms with Crippen molar-refractivity contribution < 1.29 is 19.1 Å². The van der Waals surface area contributed by atoms with Crippen LogP contribution in [0.3, 0.4) is 0 Å². The summed E-state index contributed by atoms with van der Waals surface area (Å²) in [6.07, 6.45) is 15.4. The first-order valence-corrected chi connectivity index (χ1v) is 14.8. The van der Waals surface area contributed by atoms with Crippen LogP contribution in [-0.4, -0.2) is 46.1 Å². The first-order chi connectivity index (χ1) is 20.9. The van der Waals surface area contributed by atoms with E-state index in [9.17, 15) is 9.59 Å². The molecule has 2 heterocycles. The van der Waals surface area contributed by atoms with E-state index in [1.165, 1.54) is 12.0 Å². The number of allylic oxidation sites excluding steroid dienone is 3. The first-order valence-electron chi connectivity index (χ1n) is 14.8. The smallest absolute Gasteiger partial charge is 0.408 e. The number of benzene rings is 1. The Morgan fingerprint density at radius 3 is 2.30 bits per heavy atom. The average molecular weight is 605 g/mol. The second-order valence-electron chi connectivity index (χ2n) is 10.8. The number of rotatable bonds is 9. The van der Waals surface area contributed by atoms with E-state index in [4.69, 9.17) is 9.47 Å². The number of nitrogens with one attached hydrogen (secondary N) is 2. The normalized spacial score (nSPS) is 10.3. The Labute approximate surface area is 264 Å². The number of carbonyl (C=O) groups is 2. The van der Waals surface area contributed by atoms with Crippen molar-refractivity contribution in [1.82, 2.24) is 20.2 Å². The highest BCUT2D eigenvalue weighted by molar-refractivity contribution is 5.83. The summed E-state index contributed by atoms with van der Waals surface area (Å²) in [5.41, 5.74) is 3.59. The Balaban J connectivity index is 0.00000120. The molecular weight excluding hydrogens is 552 g/mol. The van der Waals surface area contributed by atoms with Gasteiger partial charge in [-0.05, 0) is 81.8 Å². The molecule has 0 spiro atoms. The van der Waals surface area contributed by atoms with Crippen LogP contribution in [0.5, 0.6) is 5.75 Å². The third-order valence-electron chi connectivity index (χ3n) is 5.47. The number of nitrogens with zero attached hydrogens (tertiary/aromatic N) is 2. The molecule has 0 saturated heterocycles. The minimum absolute atomic E-state index is 0.168. The number of amides is 2. The maximum absolute atomic E-state index is 13.0. The van der Waals surface area contributed by atoms with Crippen molar-refractivity contribution in [1.29, 1.82) is 0 Å². The molecule has 3 rings (SSSR count). The van der Waals surface area contributed by atoms with E-state index < -0.39 is 11.7 Å². The van der Waals surface area contributed by atoms with Crippen molar-refractivity contribution in [2.75, 3.05) is 13.7 Å². The van der Waals surface area contributed by atoms with E-state index in [0.717, 1.165) is 28.5 Å². The minimum atomic E-state index is -0.634. The molecule has 1 aromatic carbocycles. The lowest BCUT2D eigenvalue weighted by atomic mass is 10.1. The summed E-state index contributed by atoms with van der Waals surface area (Å²) in [5, 5.41) is 3.61. The van der Waals surface area contributed by atoms with Crippen LogP contribution < -0.4 is 10.1 Å². The van der Waals surface area contributed by atoms with Crippen molar-refractivity contribution in [3.05, 3.63) is 84.4 Å². The molecule has 0 fully saturated rings. The van der Waals surface area contributed by atoms with Crippen LogP contribution in [0.4, 0.5) is 4.79 Å². The number of ether oxygens (including phenoxy) is 2. The van der Waals surface area contributed by atoms with E-state index in [2.05, 4.69) is 61.9 Å². The molecule has 44 heavy (non-hydrogen) atoms. The maximum atomic E-state index is 13.0. The zero-order valence-electron chi connectivity index (χ0n) is 28.1. The van der Waals surface area contributed by atoms with Crippen LogP contribution in [0, 0.1) is 12.3 Å². The molecule has 8 heteroatoms. The van der Waals surface area contributed by atoms with Gasteiger partial charge in [0.1, 0.15) is 17.9 Å². The van der Waals surface area contributed by atoms with Gasteiger partial charge in [-0.3, -0.25) is 9.78 Å². The van der Waals surface area contributed by atoms with Gasteiger partial charge >= 0.3 is 6.09 Å². The highest BCUT2D eigenvalue weighted by Gasteiger charge is 2.20. The molecule has 240 valence electrons. The van der Waals surface area contributed by atoms with Gasteiger partial charge in [0, 0.05) is 31.0 Å². The predicted molar refractivity (Wildman–Crippen MR) is 182 cm³/mol. The van der Waals surface area contributed by atoms with Crippen LogP contribution in [-0.2, 0) is 22.6 Å². The zero-order valence-corrected chi connectivity index (χ0v) is 28.1. The standard InChI is InChI=1S/C23H28N4O4.C7H12.C3H8.C3H4/c1-23(2,3)31-22(29)26-13-21(28)27(15-17-10-19(30-4)12-24-11-17)14-16-5-6-20-18(9-16)7-8-25-20;1-4-6-7(3)5-2;2*1-3-2/h5-12,25H,13-15H2,1-4H3,(H,26,29);4,6H,1,5H2,2-3H3;3H2,1-2H3;1H,2H3/b;7-6+;;. The second-order valence-corrected chi connectivity index (χ2v) is 10.8. The van der Waals surface area contributed by atoms with Crippen LogP contribution in [0.15, 0.2) is 73.2 Å². The molecule has 0 bridgehead atoms. The first kappa shape index (κ1) is 39.5. The number of hydrogen-bond acceptors (Lipinski definition) is 5. The number of aromatic nitrogens is 2. The van der Waals surface area contributed by atoms with Gasteiger partial charge in [-0.2, -0.15) is 0 Å². The van der Waals surface area contributed by atoms with E-state index in [-0.39, 0.29) is 12.5 Å². The summed E-state index contributed by atoms with van der Waals surface area (Å²) < 4.78 is 10.5. The Kier molecular flexibility index (Phi) is 19.8. The lowest BCUT2D eigenvalue weighted by molar-refractivity contribution is -0.131. The molecule has 0 aliphatic rings. The predicted octanol–water partition coefficient (Wildman–Crippen LogP) is 8.21. The van der Waals surface area contributed by atoms with Crippen LogP contribution in [0.2, 0.25) is 0 Å². The second kappa shape index (κ2) is 22.1. The fourth-order valence-corrected chi connectivity index (χ4v) is 3.43. The number of terminal acetylenes is 1. The summed E-state index contributed by atoms with van der Waals surface area (Å²) in [7, 11) is 1.57. The Morgan fingerprint density at radius 2 is 1.75 bits per heavy atom. The Hall–Kier alpha value is -4.51. The molecular formula is C36H52N4O4. The van der Waals surface area contributed by atoms with Gasteiger partial charge in [0.05, 0.1) is 13.3 Å². The monoisotopic (exact) mass is 604 g/mol. The number of alkyl carbamates (subject to hydrolysis) is 1. The number of pyridine rings is 1. The average Bonchev–Trinajstić information content (AvgIpc) is 3.44. The van der Waals surface area contributed by atoms with Crippen molar-refractivity contribution in [3.8, 4) is 18.1 Å². The highest BCUT2D eigenvalue weighted by atomic mass is 16.6. The van der Waals surface area contributed by atoms with Crippen LogP contribution in [0.1, 0.15) is 79.4 Å². The number of hydrogen-bond donors (Lipinski definition) is 2. The third kappa shape index (κ3) is 17.4. The fraction of sp³-hybridized carbons (Fsp3) is 0.417. The van der Waals surface area contributed by atoms with Gasteiger partial charge in [-0.1, -0.05) is 57.6 Å². The van der Waals surface area contributed by atoms with E-state index in [1.54, 1.807) is 52.1 Å². The van der Waals surface area contributed by atoms with Crippen LogP contribution >= 0.6 is 0 Å². The van der Waals surface area contributed by atoms with Gasteiger partial charge in [0.2, 0.25) is 5.91 Å². The van der Waals surface area contributed by atoms with Gasteiger partial charge in [0.15, 0.2) is 0 Å². The number of H-pyrrole nitrogens is 1. The van der Waals surface area contributed by atoms with Gasteiger partial charge in [-0.15, -0.1) is 12.3 Å². The lowest BCUT2D eigenvalue weighted by Crippen LogP contribution is -2.41. The van der Waals surface area contributed by atoms with Gasteiger partial charge in [-0.25, -0.2) is 4.79 Å². The molecule has 8 nitrogen and oxygen atoms in total. The third-order valence-corrected chi connectivity index (χ3v) is 5.47. The van der Waals surface area contributed by atoms with Crippen LogP contribution in [0.25, 0.3) is 10.9 Å². The molecule has 0 aliphatic heterocycles. The summed E-state index contributed by atoms with van der Waals surface area (Å²) in [6.45, 7) is 19.6. The minimum Gasteiger partial charge on any atom is -0.495 e. The van der Waals surface area contributed by atoms with E-state index >= 15 is 0 Å². The number of fused-ring (bicyclic) bond motifs is 1. The van der Waals surface area contributed by atoms with E-state index in [1.807, 2.05) is 48.7 Å². The molecule has 0 unspecified atom stereocenters. The van der Waals surface area contributed by atoms with Crippen molar-refractivity contribution >= 4 is 22.9 Å². The van der Waals surface area contributed by atoms with Crippen molar-refractivity contribution in [2.45, 2.75) is 86.9 Å². The highest BCUT2D eigenvalue weighted by Crippen LogP contribution is 2.18. The lowest BCUT2D eigenvalue weighted by Gasteiger charge is -2.24. The summed E-state index contributed by atoms with van der Waals surface area (Å²) in [5.74, 6) is 2.63. The molecule has 2 amide bonds. The topological polar surface area (TPSA) is 96.5 Å².